The Morgan fingerprint density at radius 3 is 2.62 bits per heavy atom. The molecule has 206 valence electrons. The van der Waals surface area contributed by atoms with Crippen molar-refractivity contribution in [3.63, 3.8) is 0 Å². The summed E-state index contributed by atoms with van der Waals surface area (Å²) in [5.74, 6) is 2.44. The van der Waals surface area contributed by atoms with E-state index in [2.05, 4.69) is 10.1 Å². The van der Waals surface area contributed by atoms with E-state index in [1.54, 1.807) is 49.4 Å². The molecule has 5 rings (SSSR count). The van der Waals surface area contributed by atoms with Crippen LogP contribution in [0, 0.1) is 6.92 Å². The van der Waals surface area contributed by atoms with Gasteiger partial charge in [-0.25, -0.2) is 9.78 Å². The fraction of sp³-hybridized carbons (Fsp3) is 0.233. The number of oxazole rings is 1. The van der Waals surface area contributed by atoms with Crippen LogP contribution >= 0.6 is 0 Å². The van der Waals surface area contributed by atoms with E-state index >= 15 is 0 Å². The minimum absolute atomic E-state index is 0.118. The first kappa shape index (κ1) is 26.6. The first-order chi connectivity index (χ1) is 19.5. The van der Waals surface area contributed by atoms with E-state index in [1.807, 2.05) is 49.4 Å². The summed E-state index contributed by atoms with van der Waals surface area (Å²) in [5, 5.41) is 4.49. The van der Waals surface area contributed by atoms with Crippen LogP contribution in [-0.4, -0.2) is 34.5 Å². The minimum Gasteiger partial charge on any atom is -0.496 e. The number of carbonyl (C=O) groups is 1. The normalized spacial score (nSPS) is 10.9. The average Bonchev–Trinajstić information content (AvgIpc) is 3.72. The Bertz CT molecular complexity index is 1560. The molecule has 5 aromatic rings. The summed E-state index contributed by atoms with van der Waals surface area (Å²) < 4.78 is 35.4. The van der Waals surface area contributed by atoms with Crippen LogP contribution in [0.25, 0.3) is 11.7 Å². The summed E-state index contributed by atoms with van der Waals surface area (Å²) in [6.45, 7) is 4.63. The summed E-state index contributed by atoms with van der Waals surface area (Å²) in [4.78, 5) is 17.0. The molecule has 0 bridgehead atoms. The van der Waals surface area contributed by atoms with Crippen LogP contribution in [0.5, 0.6) is 17.4 Å². The molecule has 3 heterocycles. The summed E-state index contributed by atoms with van der Waals surface area (Å²) in [6.07, 6.45) is 3.20. The molecule has 0 atom stereocenters. The Hall–Kier alpha value is -4.99. The van der Waals surface area contributed by atoms with Gasteiger partial charge in [0.05, 0.1) is 26.5 Å². The molecule has 0 fully saturated rings. The Morgan fingerprint density at radius 2 is 1.88 bits per heavy atom. The van der Waals surface area contributed by atoms with Gasteiger partial charge in [-0.05, 0) is 43.7 Å². The van der Waals surface area contributed by atoms with Crippen molar-refractivity contribution in [2.45, 2.75) is 33.6 Å². The fourth-order valence-corrected chi connectivity index (χ4v) is 4.01. The van der Waals surface area contributed by atoms with Gasteiger partial charge in [-0.1, -0.05) is 30.3 Å². The average molecular weight is 544 g/mol. The van der Waals surface area contributed by atoms with Gasteiger partial charge in [0, 0.05) is 17.8 Å². The number of carbonyl (C=O) groups excluding carboxylic acids is 1. The highest BCUT2D eigenvalue weighted by Gasteiger charge is 2.20. The van der Waals surface area contributed by atoms with E-state index in [1.165, 1.54) is 0 Å². The lowest BCUT2D eigenvalue weighted by Gasteiger charge is -2.12. The number of furan rings is 1. The van der Waals surface area contributed by atoms with E-state index in [0.717, 1.165) is 11.1 Å². The Kier molecular flexibility index (Phi) is 8.15. The highest BCUT2D eigenvalue weighted by molar-refractivity contribution is 5.91. The zero-order valence-electron chi connectivity index (χ0n) is 22.5. The predicted molar refractivity (Wildman–Crippen MR) is 144 cm³/mol. The molecule has 0 N–H and O–H groups in total. The fourth-order valence-electron chi connectivity index (χ4n) is 4.01. The van der Waals surface area contributed by atoms with Crippen molar-refractivity contribution in [3.8, 4) is 29.0 Å². The third kappa shape index (κ3) is 6.17. The summed E-state index contributed by atoms with van der Waals surface area (Å²) in [5.41, 5.74) is 2.71. The van der Waals surface area contributed by atoms with Gasteiger partial charge >= 0.3 is 5.97 Å². The van der Waals surface area contributed by atoms with E-state index in [0.29, 0.717) is 41.1 Å². The standard InChI is InChI=1S/C30H29N3O7/c1-4-36-30(34)24-17-33(16-21-9-6-5-7-10-21)32-28(24)39-18-22-12-13-23(15-27(22)35-3)38-19-25-20(2)40-29(31-25)26-11-8-14-37-26/h5-15,17H,4,16,18-19H2,1-3H3. The first-order valence-corrected chi connectivity index (χ1v) is 12.7. The number of aromatic nitrogens is 3. The number of aryl methyl sites for hydroxylation is 1. The number of methoxy groups -OCH3 is 1. The van der Waals surface area contributed by atoms with Crippen LogP contribution in [0.15, 0.2) is 82.0 Å². The highest BCUT2D eigenvalue weighted by atomic mass is 16.5. The van der Waals surface area contributed by atoms with Crippen LogP contribution in [0.2, 0.25) is 0 Å². The molecule has 10 nitrogen and oxygen atoms in total. The zero-order chi connectivity index (χ0) is 27.9. The van der Waals surface area contributed by atoms with Crippen molar-refractivity contribution < 1.29 is 32.6 Å². The molecular formula is C30H29N3O7. The Balaban J connectivity index is 1.27. The van der Waals surface area contributed by atoms with Crippen molar-refractivity contribution in [1.29, 1.82) is 0 Å². The quantitative estimate of drug-likeness (QED) is 0.179. The van der Waals surface area contributed by atoms with E-state index in [4.69, 9.17) is 27.8 Å². The predicted octanol–water partition coefficient (Wildman–Crippen LogP) is 5.83. The van der Waals surface area contributed by atoms with E-state index in [-0.39, 0.29) is 31.3 Å². The second-order valence-corrected chi connectivity index (χ2v) is 8.80. The molecule has 0 aliphatic carbocycles. The van der Waals surface area contributed by atoms with E-state index < -0.39 is 5.97 Å². The van der Waals surface area contributed by atoms with Crippen molar-refractivity contribution in [2.75, 3.05) is 13.7 Å². The molecule has 0 unspecified atom stereocenters. The van der Waals surface area contributed by atoms with Crippen LogP contribution in [0.1, 0.15) is 39.9 Å². The maximum absolute atomic E-state index is 12.6. The molecule has 0 amide bonds. The van der Waals surface area contributed by atoms with Crippen LogP contribution in [0.3, 0.4) is 0 Å². The number of hydrogen-bond acceptors (Lipinski definition) is 9. The van der Waals surface area contributed by atoms with E-state index in [9.17, 15) is 4.79 Å². The zero-order valence-corrected chi connectivity index (χ0v) is 22.5. The van der Waals surface area contributed by atoms with Crippen LogP contribution in [-0.2, 0) is 24.5 Å². The Labute approximate surface area is 231 Å². The van der Waals surface area contributed by atoms with Gasteiger partial charge in [-0.15, -0.1) is 5.10 Å². The third-order valence-corrected chi connectivity index (χ3v) is 6.03. The van der Waals surface area contributed by atoms with Gasteiger partial charge < -0.3 is 27.8 Å². The third-order valence-electron chi connectivity index (χ3n) is 6.03. The number of esters is 1. The molecule has 2 aromatic carbocycles. The molecule has 0 radical (unpaired) electrons. The van der Waals surface area contributed by atoms with Gasteiger partial charge in [0.15, 0.2) is 5.76 Å². The van der Waals surface area contributed by atoms with Gasteiger partial charge in [0.2, 0.25) is 5.88 Å². The van der Waals surface area contributed by atoms with Crippen molar-refractivity contribution in [1.82, 2.24) is 14.8 Å². The number of hydrogen-bond donors (Lipinski definition) is 0. The van der Waals surface area contributed by atoms with Gasteiger partial charge in [-0.3, -0.25) is 4.68 Å². The topological polar surface area (TPSA) is 111 Å². The largest absolute Gasteiger partial charge is 0.496 e. The summed E-state index contributed by atoms with van der Waals surface area (Å²) in [6, 6.07) is 18.8. The second kappa shape index (κ2) is 12.2. The monoisotopic (exact) mass is 543 g/mol. The molecular weight excluding hydrogens is 514 g/mol. The number of benzene rings is 2. The first-order valence-electron chi connectivity index (χ1n) is 12.7. The lowest BCUT2D eigenvalue weighted by Crippen LogP contribution is -2.07. The SMILES string of the molecule is CCOC(=O)c1cn(Cc2ccccc2)nc1OCc1ccc(OCc2nc(-c3ccco3)oc2C)cc1OC. The lowest BCUT2D eigenvalue weighted by atomic mass is 10.2. The van der Waals surface area contributed by atoms with Crippen LogP contribution in [0.4, 0.5) is 0 Å². The number of nitrogens with zero attached hydrogens (tertiary/aromatic N) is 3. The molecule has 10 heteroatoms. The summed E-state index contributed by atoms with van der Waals surface area (Å²) in [7, 11) is 1.57. The Morgan fingerprint density at radius 1 is 1.02 bits per heavy atom. The molecule has 40 heavy (non-hydrogen) atoms. The maximum Gasteiger partial charge on any atom is 0.345 e. The van der Waals surface area contributed by atoms with Gasteiger partial charge in [-0.2, -0.15) is 0 Å². The van der Waals surface area contributed by atoms with Crippen molar-refractivity contribution in [2.24, 2.45) is 0 Å². The number of ether oxygens (including phenoxy) is 4. The molecule has 3 aromatic heterocycles. The van der Waals surface area contributed by atoms with Gasteiger partial charge in [0.25, 0.3) is 5.89 Å². The molecule has 0 saturated heterocycles. The number of rotatable bonds is 12. The second-order valence-electron chi connectivity index (χ2n) is 8.80. The lowest BCUT2D eigenvalue weighted by molar-refractivity contribution is 0.0521. The molecule has 0 saturated carbocycles. The molecule has 0 aliphatic heterocycles. The highest BCUT2D eigenvalue weighted by Crippen LogP contribution is 2.29. The van der Waals surface area contributed by atoms with Crippen LogP contribution < -0.4 is 14.2 Å². The smallest absolute Gasteiger partial charge is 0.345 e. The van der Waals surface area contributed by atoms with Gasteiger partial charge in [0.1, 0.15) is 41.7 Å². The summed E-state index contributed by atoms with van der Waals surface area (Å²) >= 11 is 0. The van der Waals surface area contributed by atoms with Crippen molar-refractivity contribution in [3.05, 3.63) is 101 Å². The molecule has 0 spiro atoms. The minimum atomic E-state index is -0.495. The van der Waals surface area contributed by atoms with Crippen molar-refractivity contribution >= 4 is 5.97 Å². The maximum atomic E-state index is 12.6. The molecule has 0 aliphatic rings.